The van der Waals surface area contributed by atoms with Gasteiger partial charge in [-0.1, -0.05) is 17.7 Å². The number of hydrogen-bond acceptors (Lipinski definition) is 4. The van der Waals surface area contributed by atoms with Crippen molar-refractivity contribution in [2.24, 2.45) is 5.90 Å². The van der Waals surface area contributed by atoms with Gasteiger partial charge in [0.15, 0.2) is 0 Å². The molecule has 1 aromatic rings. The minimum Gasteiger partial charge on any atom is -0.487 e. The van der Waals surface area contributed by atoms with Crippen molar-refractivity contribution in [3.05, 3.63) is 28.8 Å². The quantitative estimate of drug-likeness (QED) is 0.827. The summed E-state index contributed by atoms with van der Waals surface area (Å²) in [6.07, 6.45) is 0.309. The molecule has 0 atom stereocenters. The van der Waals surface area contributed by atoms with Gasteiger partial charge < -0.3 is 4.74 Å². The predicted molar refractivity (Wildman–Crippen MR) is 62.2 cm³/mol. The molecule has 1 saturated heterocycles. The Balaban J connectivity index is 2.04. The molecule has 2 rings (SSSR count). The van der Waals surface area contributed by atoms with Crippen LogP contribution >= 0.6 is 23.4 Å². The van der Waals surface area contributed by atoms with Crippen LogP contribution in [-0.4, -0.2) is 17.6 Å². The van der Waals surface area contributed by atoms with Crippen molar-refractivity contribution >= 4 is 23.4 Å². The third kappa shape index (κ3) is 2.78. The number of nitrogens with two attached hydrogens (primary N) is 1. The van der Waals surface area contributed by atoms with E-state index in [9.17, 15) is 0 Å². The highest BCUT2D eigenvalue weighted by Crippen LogP contribution is 2.30. The van der Waals surface area contributed by atoms with Crippen LogP contribution in [0.2, 0.25) is 5.02 Å². The third-order valence-corrected chi connectivity index (χ3v) is 3.66. The molecule has 0 bridgehead atoms. The van der Waals surface area contributed by atoms with E-state index in [1.807, 2.05) is 30.0 Å². The number of rotatable bonds is 4. The lowest BCUT2D eigenvalue weighted by Gasteiger charge is -2.26. The molecule has 1 aliphatic rings. The van der Waals surface area contributed by atoms with Crippen molar-refractivity contribution in [3.8, 4) is 5.75 Å². The highest BCUT2D eigenvalue weighted by Gasteiger charge is 2.20. The molecule has 0 spiro atoms. The number of halogens is 1. The normalized spacial score (nSPS) is 16.1. The van der Waals surface area contributed by atoms with Gasteiger partial charge in [0.05, 0.1) is 11.6 Å². The molecular formula is C10H12ClNO2S. The maximum atomic E-state index is 6.06. The van der Waals surface area contributed by atoms with Crippen LogP contribution in [0.15, 0.2) is 18.2 Å². The summed E-state index contributed by atoms with van der Waals surface area (Å²) in [4.78, 5) is 4.53. The Labute approximate surface area is 97.8 Å². The van der Waals surface area contributed by atoms with Crippen LogP contribution < -0.4 is 10.6 Å². The van der Waals surface area contributed by atoms with E-state index in [0.717, 1.165) is 22.8 Å². The first kappa shape index (κ1) is 11.1. The molecule has 82 valence electrons. The van der Waals surface area contributed by atoms with E-state index in [0.29, 0.717) is 17.7 Å². The minimum absolute atomic E-state index is 0.309. The maximum Gasteiger partial charge on any atom is 0.138 e. The Morgan fingerprint density at radius 2 is 2.27 bits per heavy atom. The zero-order valence-electron chi connectivity index (χ0n) is 8.11. The van der Waals surface area contributed by atoms with Crippen LogP contribution in [0.5, 0.6) is 5.75 Å². The second-order valence-electron chi connectivity index (χ2n) is 3.35. The Morgan fingerprint density at radius 1 is 1.47 bits per heavy atom. The molecule has 3 nitrogen and oxygen atoms in total. The van der Waals surface area contributed by atoms with Crippen LogP contribution in [0.3, 0.4) is 0 Å². The highest BCUT2D eigenvalue weighted by molar-refractivity contribution is 8.00. The lowest BCUT2D eigenvalue weighted by atomic mass is 10.2. The molecule has 5 heteroatoms. The lowest BCUT2D eigenvalue weighted by molar-refractivity contribution is 0.124. The summed E-state index contributed by atoms with van der Waals surface area (Å²) in [6.45, 7) is 0.360. The first-order valence-corrected chi connectivity index (χ1v) is 6.17. The predicted octanol–water partition coefficient (Wildman–Crippen LogP) is 2.22. The molecule has 0 aromatic heterocycles. The molecule has 15 heavy (non-hydrogen) atoms. The lowest BCUT2D eigenvalue weighted by Crippen LogP contribution is -2.31. The molecule has 0 amide bonds. The van der Waals surface area contributed by atoms with Gasteiger partial charge in [0, 0.05) is 11.5 Å². The van der Waals surface area contributed by atoms with Crippen molar-refractivity contribution in [2.75, 3.05) is 11.5 Å². The van der Waals surface area contributed by atoms with E-state index in [-0.39, 0.29) is 0 Å². The Bertz CT molecular complexity index is 344. The van der Waals surface area contributed by atoms with Gasteiger partial charge in [-0.2, -0.15) is 11.8 Å². The molecule has 1 fully saturated rings. The second kappa shape index (κ2) is 5.07. The van der Waals surface area contributed by atoms with E-state index in [2.05, 4.69) is 4.84 Å². The average molecular weight is 246 g/mol. The average Bonchev–Trinajstić information content (AvgIpc) is 2.14. The fraction of sp³-hybridized carbons (Fsp3) is 0.400. The fourth-order valence-corrected chi connectivity index (χ4v) is 2.10. The Kier molecular flexibility index (Phi) is 3.75. The van der Waals surface area contributed by atoms with Gasteiger partial charge in [-0.15, -0.1) is 0 Å². The van der Waals surface area contributed by atoms with Gasteiger partial charge >= 0.3 is 0 Å². The van der Waals surface area contributed by atoms with Crippen LogP contribution in [0, 0.1) is 0 Å². The van der Waals surface area contributed by atoms with Gasteiger partial charge in [-0.3, -0.25) is 4.84 Å². The van der Waals surface area contributed by atoms with Crippen LogP contribution in [0.25, 0.3) is 0 Å². The van der Waals surface area contributed by atoms with Gasteiger partial charge in [-0.25, -0.2) is 5.90 Å². The van der Waals surface area contributed by atoms with Crippen LogP contribution in [0.1, 0.15) is 5.56 Å². The first-order chi connectivity index (χ1) is 7.29. The van der Waals surface area contributed by atoms with Crippen LogP contribution in [0.4, 0.5) is 0 Å². The van der Waals surface area contributed by atoms with E-state index < -0.39 is 0 Å². The molecule has 0 unspecified atom stereocenters. The third-order valence-electron chi connectivity index (χ3n) is 2.15. The largest absolute Gasteiger partial charge is 0.487 e. The van der Waals surface area contributed by atoms with E-state index in [1.165, 1.54) is 0 Å². The molecule has 0 saturated carbocycles. The Morgan fingerprint density at radius 3 is 2.80 bits per heavy atom. The summed E-state index contributed by atoms with van der Waals surface area (Å²) in [6, 6.07) is 5.58. The summed E-state index contributed by atoms with van der Waals surface area (Å²) in [5.74, 6) is 7.81. The summed E-state index contributed by atoms with van der Waals surface area (Å²) >= 11 is 7.94. The molecule has 2 N–H and O–H groups in total. The van der Waals surface area contributed by atoms with Crippen molar-refractivity contribution in [3.63, 3.8) is 0 Å². The molecule has 1 aliphatic heterocycles. The smallest absolute Gasteiger partial charge is 0.138 e. The van der Waals surface area contributed by atoms with Crippen molar-refractivity contribution in [1.29, 1.82) is 0 Å². The van der Waals surface area contributed by atoms with Crippen molar-refractivity contribution in [2.45, 2.75) is 12.7 Å². The standard InChI is InChI=1S/C10H12ClNO2S/c11-9-3-7(4-13-12)1-2-10(9)14-8-5-15-6-8/h1-3,8H,4-6,12H2. The van der Waals surface area contributed by atoms with E-state index in [4.69, 9.17) is 22.2 Å². The van der Waals surface area contributed by atoms with Crippen LogP contribution in [-0.2, 0) is 11.4 Å². The SMILES string of the molecule is NOCc1ccc(OC2CSC2)c(Cl)c1. The fourth-order valence-electron chi connectivity index (χ4n) is 1.29. The first-order valence-electron chi connectivity index (χ1n) is 4.64. The summed E-state index contributed by atoms with van der Waals surface area (Å²) in [5, 5.41) is 0.612. The topological polar surface area (TPSA) is 44.5 Å². The van der Waals surface area contributed by atoms with Gasteiger partial charge in [-0.05, 0) is 17.7 Å². The number of hydrogen-bond donors (Lipinski definition) is 1. The molecule has 0 aliphatic carbocycles. The molecular weight excluding hydrogens is 234 g/mol. The van der Waals surface area contributed by atoms with Crippen molar-refractivity contribution in [1.82, 2.24) is 0 Å². The minimum atomic E-state index is 0.309. The molecule has 1 heterocycles. The molecule has 1 aromatic carbocycles. The molecule has 0 radical (unpaired) electrons. The maximum absolute atomic E-state index is 6.06. The number of benzene rings is 1. The Hall–Kier alpha value is -0.420. The zero-order valence-corrected chi connectivity index (χ0v) is 9.68. The van der Waals surface area contributed by atoms with Crippen molar-refractivity contribution < 1.29 is 9.57 Å². The van der Waals surface area contributed by atoms with Gasteiger partial charge in [0.2, 0.25) is 0 Å². The van der Waals surface area contributed by atoms with Gasteiger partial charge in [0.1, 0.15) is 11.9 Å². The monoisotopic (exact) mass is 245 g/mol. The summed E-state index contributed by atoms with van der Waals surface area (Å²) in [5.41, 5.74) is 0.942. The van der Waals surface area contributed by atoms with Gasteiger partial charge in [0.25, 0.3) is 0 Å². The summed E-state index contributed by atoms with van der Waals surface area (Å²) in [7, 11) is 0. The second-order valence-corrected chi connectivity index (χ2v) is 4.84. The number of ether oxygens (including phenoxy) is 1. The van der Waals surface area contributed by atoms with E-state index >= 15 is 0 Å². The summed E-state index contributed by atoms with van der Waals surface area (Å²) < 4.78 is 5.69. The van der Waals surface area contributed by atoms with E-state index in [1.54, 1.807) is 0 Å². The zero-order chi connectivity index (χ0) is 10.7. The number of thioether (sulfide) groups is 1. The highest BCUT2D eigenvalue weighted by atomic mass is 35.5.